The van der Waals surface area contributed by atoms with E-state index in [0.29, 0.717) is 11.4 Å². The maximum absolute atomic E-state index is 12.4. The Morgan fingerprint density at radius 1 is 1.42 bits per heavy atom. The predicted molar refractivity (Wildman–Crippen MR) is 74.6 cm³/mol. The fraction of sp³-hybridized carbons (Fsp3) is 0.600. The number of allylic oxidation sites excluding steroid dienone is 2. The van der Waals surface area contributed by atoms with Crippen LogP contribution < -0.4 is 4.74 Å². The average Bonchev–Trinajstić information content (AvgIpc) is 2.83. The molecule has 0 aliphatic heterocycles. The van der Waals surface area contributed by atoms with Crippen LogP contribution in [0.5, 0.6) is 5.75 Å². The Balaban J connectivity index is 2.23. The van der Waals surface area contributed by atoms with Crippen molar-refractivity contribution in [3.8, 4) is 5.75 Å². The van der Waals surface area contributed by atoms with Crippen molar-refractivity contribution in [3.05, 3.63) is 23.5 Å². The minimum absolute atomic E-state index is 0.0275. The topological polar surface area (TPSA) is 44.1 Å². The van der Waals surface area contributed by atoms with Gasteiger partial charge in [-0.2, -0.15) is 5.10 Å². The molecule has 4 heteroatoms. The zero-order valence-electron chi connectivity index (χ0n) is 11.8. The highest BCUT2D eigenvalue weighted by atomic mass is 16.5. The van der Waals surface area contributed by atoms with Crippen LogP contribution in [0.25, 0.3) is 0 Å². The van der Waals surface area contributed by atoms with Gasteiger partial charge in [0.25, 0.3) is 0 Å². The number of rotatable bonds is 5. The molecule has 19 heavy (non-hydrogen) atoms. The summed E-state index contributed by atoms with van der Waals surface area (Å²) in [5.74, 6) is 0.603. The van der Waals surface area contributed by atoms with Gasteiger partial charge in [0.1, 0.15) is 0 Å². The van der Waals surface area contributed by atoms with Crippen LogP contribution in [-0.4, -0.2) is 22.7 Å². The van der Waals surface area contributed by atoms with Gasteiger partial charge in [0.15, 0.2) is 11.4 Å². The lowest BCUT2D eigenvalue weighted by molar-refractivity contribution is 0.103. The minimum atomic E-state index is 0.0275. The van der Waals surface area contributed by atoms with E-state index >= 15 is 0 Å². The van der Waals surface area contributed by atoms with Crippen molar-refractivity contribution >= 4 is 5.78 Å². The predicted octanol–water partition coefficient (Wildman–Crippen LogP) is 3.37. The van der Waals surface area contributed by atoms with Crippen LogP contribution in [0.4, 0.5) is 0 Å². The summed E-state index contributed by atoms with van der Waals surface area (Å²) in [6, 6.07) is 0. The van der Waals surface area contributed by atoms with E-state index in [4.69, 9.17) is 4.74 Å². The van der Waals surface area contributed by atoms with Gasteiger partial charge in [-0.1, -0.05) is 18.9 Å². The number of hydrogen-bond acceptors (Lipinski definition) is 3. The number of ketones is 1. The zero-order valence-corrected chi connectivity index (χ0v) is 11.8. The van der Waals surface area contributed by atoms with Crippen molar-refractivity contribution in [3.63, 3.8) is 0 Å². The van der Waals surface area contributed by atoms with Crippen LogP contribution >= 0.6 is 0 Å². The van der Waals surface area contributed by atoms with E-state index in [1.54, 1.807) is 24.1 Å². The Bertz CT molecular complexity index is 466. The molecule has 0 radical (unpaired) electrons. The molecule has 2 rings (SSSR count). The van der Waals surface area contributed by atoms with Gasteiger partial charge >= 0.3 is 0 Å². The van der Waals surface area contributed by atoms with Crippen molar-refractivity contribution in [2.75, 3.05) is 7.11 Å². The second kappa shape index (κ2) is 6.55. The van der Waals surface area contributed by atoms with E-state index in [1.807, 2.05) is 0 Å². The van der Waals surface area contributed by atoms with Gasteiger partial charge in [-0.3, -0.25) is 9.48 Å². The molecule has 0 aromatic carbocycles. The number of aromatic nitrogens is 2. The number of aryl methyl sites for hydroxylation is 1. The van der Waals surface area contributed by atoms with Crippen molar-refractivity contribution in [1.82, 2.24) is 9.78 Å². The molecule has 1 heterocycles. The van der Waals surface area contributed by atoms with E-state index in [0.717, 1.165) is 25.8 Å². The standard InChI is InChI=1S/C15H22N2O2/c1-3-9-17-15(14(19-2)11-16-17)13(18)10-12-7-5-4-6-8-12/h10-11H,3-9H2,1-2H3. The Hall–Kier alpha value is -1.58. The summed E-state index contributed by atoms with van der Waals surface area (Å²) in [6.07, 6.45) is 10.2. The lowest BCUT2D eigenvalue weighted by Gasteiger charge is -2.13. The molecule has 0 amide bonds. The summed E-state index contributed by atoms with van der Waals surface area (Å²) < 4.78 is 7.00. The molecule has 0 N–H and O–H groups in total. The number of ether oxygens (including phenoxy) is 1. The van der Waals surface area contributed by atoms with Gasteiger partial charge in [-0.25, -0.2) is 0 Å². The lowest BCUT2D eigenvalue weighted by atomic mass is 9.94. The molecule has 1 aromatic rings. The number of carbonyl (C=O) groups excluding carboxylic acids is 1. The van der Waals surface area contributed by atoms with Crippen LogP contribution in [0.1, 0.15) is 55.9 Å². The maximum atomic E-state index is 12.4. The smallest absolute Gasteiger partial charge is 0.207 e. The third kappa shape index (κ3) is 3.25. The second-order valence-corrected chi connectivity index (χ2v) is 5.01. The Morgan fingerprint density at radius 3 is 2.79 bits per heavy atom. The van der Waals surface area contributed by atoms with Gasteiger partial charge in [0.2, 0.25) is 5.78 Å². The molecule has 0 saturated heterocycles. The van der Waals surface area contributed by atoms with Crippen LogP contribution in [0, 0.1) is 0 Å². The third-order valence-corrected chi connectivity index (χ3v) is 3.53. The Morgan fingerprint density at radius 2 is 2.16 bits per heavy atom. The minimum Gasteiger partial charge on any atom is -0.493 e. The van der Waals surface area contributed by atoms with Crippen LogP contribution in [0.2, 0.25) is 0 Å². The molecule has 0 unspecified atom stereocenters. The maximum Gasteiger partial charge on any atom is 0.207 e. The SMILES string of the molecule is CCCn1ncc(OC)c1C(=O)C=C1CCCCC1. The molecular formula is C15H22N2O2. The van der Waals surface area contributed by atoms with Gasteiger partial charge in [-0.15, -0.1) is 0 Å². The molecule has 0 spiro atoms. The fourth-order valence-electron chi connectivity index (χ4n) is 2.55. The fourth-order valence-corrected chi connectivity index (χ4v) is 2.55. The third-order valence-electron chi connectivity index (χ3n) is 3.53. The van der Waals surface area contributed by atoms with E-state index < -0.39 is 0 Å². The average molecular weight is 262 g/mol. The van der Waals surface area contributed by atoms with Crippen molar-refractivity contribution in [2.24, 2.45) is 0 Å². The summed E-state index contributed by atoms with van der Waals surface area (Å²) in [6.45, 7) is 2.82. The largest absolute Gasteiger partial charge is 0.493 e. The molecule has 1 aromatic heterocycles. The monoisotopic (exact) mass is 262 g/mol. The van der Waals surface area contributed by atoms with Crippen LogP contribution in [-0.2, 0) is 6.54 Å². The van der Waals surface area contributed by atoms with E-state index in [2.05, 4.69) is 12.0 Å². The van der Waals surface area contributed by atoms with E-state index in [9.17, 15) is 4.79 Å². The molecule has 1 aliphatic rings. The highest BCUT2D eigenvalue weighted by Crippen LogP contribution is 2.25. The second-order valence-electron chi connectivity index (χ2n) is 5.01. The van der Waals surface area contributed by atoms with Gasteiger partial charge in [-0.05, 0) is 38.2 Å². The number of nitrogens with zero attached hydrogens (tertiary/aromatic N) is 2. The number of carbonyl (C=O) groups is 1. The molecule has 1 aliphatic carbocycles. The summed E-state index contributed by atoms with van der Waals surface area (Å²) >= 11 is 0. The zero-order chi connectivity index (χ0) is 13.7. The molecule has 1 fully saturated rings. The molecule has 0 atom stereocenters. The Labute approximate surface area is 114 Å². The molecule has 0 bridgehead atoms. The number of methoxy groups -OCH3 is 1. The first-order valence-electron chi connectivity index (χ1n) is 7.09. The van der Waals surface area contributed by atoms with Crippen molar-refractivity contribution < 1.29 is 9.53 Å². The van der Waals surface area contributed by atoms with Crippen molar-refractivity contribution in [1.29, 1.82) is 0 Å². The normalized spacial score (nSPS) is 15.4. The molecule has 104 valence electrons. The first-order chi connectivity index (χ1) is 9.26. The summed E-state index contributed by atoms with van der Waals surface area (Å²) in [5.41, 5.74) is 1.85. The van der Waals surface area contributed by atoms with Crippen LogP contribution in [0.15, 0.2) is 17.8 Å². The molecule has 4 nitrogen and oxygen atoms in total. The van der Waals surface area contributed by atoms with Gasteiger partial charge in [0.05, 0.1) is 13.3 Å². The molecule has 1 saturated carbocycles. The highest BCUT2D eigenvalue weighted by Gasteiger charge is 2.18. The first-order valence-corrected chi connectivity index (χ1v) is 7.09. The van der Waals surface area contributed by atoms with E-state index in [1.165, 1.54) is 24.8 Å². The quantitative estimate of drug-likeness (QED) is 0.603. The van der Waals surface area contributed by atoms with E-state index in [-0.39, 0.29) is 5.78 Å². The summed E-state index contributed by atoms with van der Waals surface area (Å²) in [7, 11) is 1.58. The van der Waals surface area contributed by atoms with Crippen LogP contribution in [0.3, 0.4) is 0 Å². The highest BCUT2D eigenvalue weighted by molar-refractivity contribution is 6.05. The lowest BCUT2D eigenvalue weighted by Crippen LogP contribution is -2.11. The van der Waals surface area contributed by atoms with Crippen molar-refractivity contribution in [2.45, 2.75) is 52.0 Å². The van der Waals surface area contributed by atoms with Gasteiger partial charge < -0.3 is 4.74 Å². The first kappa shape index (κ1) is 13.8. The Kier molecular flexibility index (Phi) is 4.77. The summed E-state index contributed by atoms with van der Waals surface area (Å²) in [4.78, 5) is 12.4. The number of hydrogen-bond donors (Lipinski definition) is 0. The van der Waals surface area contributed by atoms with Gasteiger partial charge in [0, 0.05) is 6.54 Å². The molecular weight excluding hydrogens is 240 g/mol. The summed E-state index contributed by atoms with van der Waals surface area (Å²) in [5, 5.41) is 4.23.